The van der Waals surface area contributed by atoms with Crippen LogP contribution in [0.5, 0.6) is 0 Å². The summed E-state index contributed by atoms with van der Waals surface area (Å²) in [5.41, 5.74) is 13.2. The van der Waals surface area contributed by atoms with Crippen molar-refractivity contribution in [2.75, 3.05) is 4.90 Å². The van der Waals surface area contributed by atoms with Crippen molar-refractivity contribution >= 4 is 70.1 Å². The van der Waals surface area contributed by atoms with Crippen molar-refractivity contribution in [3.05, 3.63) is 224 Å². The second-order valence-corrected chi connectivity index (χ2v) is 15.9. The monoisotopic (exact) mass is 755 g/mol. The van der Waals surface area contributed by atoms with Crippen LogP contribution in [0.25, 0.3) is 86.2 Å². The SMILES string of the molecule is c1ccc(-c2cccc3cc(-c4ccc(N(c5ccc(-c6cccc7cccc(-c8ccccc8)c67)cc5)c5cccc6sc7ccccc7c56)cc4)ccc23)cc1. The number of nitrogens with zero attached hydrogens (tertiary/aromatic N) is 1. The number of hydrogen-bond donors (Lipinski definition) is 0. The van der Waals surface area contributed by atoms with Crippen molar-refractivity contribution in [2.45, 2.75) is 0 Å². The highest BCUT2D eigenvalue weighted by Crippen LogP contribution is 2.46. The van der Waals surface area contributed by atoms with Crippen molar-refractivity contribution in [1.29, 1.82) is 0 Å². The lowest BCUT2D eigenvalue weighted by molar-refractivity contribution is 1.30. The standard InChI is InChI=1S/C56H37NS/c1-3-13-39(14-4-1)47-21-11-19-44-37-43(31-36-48(44)47)38-27-32-45(33-28-38)57(52-24-12-26-54-56(52)51-20-7-8-25-53(51)58-54)46-34-29-41(30-35-46)50-23-10-18-42-17-9-22-49(55(42)50)40-15-5-2-6-16-40/h1-37H. The van der Waals surface area contributed by atoms with Gasteiger partial charge in [0.25, 0.3) is 0 Å². The number of benzene rings is 10. The molecule has 10 aromatic carbocycles. The van der Waals surface area contributed by atoms with E-state index in [1.165, 1.54) is 91.9 Å². The smallest absolute Gasteiger partial charge is 0.0554 e. The molecule has 0 aliphatic heterocycles. The van der Waals surface area contributed by atoms with Gasteiger partial charge in [-0.3, -0.25) is 0 Å². The Labute approximate surface area is 342 Å². The fraction of sp³-hybridized carbons (Fsp3) is 0. The van der Waals surface area contributed by atoms with Crippen molar-refractivity contribution in [1.82, 2.24) is 0 Å². The highest BCUT2D eigenvalue weighted by molar-refractivity contribution is 7.26. The molecule has 272 valence electrons. The van der Waals surface area contributed by atoms with E-state index in [1.807, 2.05) is 11.3 Å². The molecular weight excluding hydrogens is 719 g/mol. The van der Waals surface area contributed by atoms with Gasteiger partial charge < -0.3 is 4.90 Å². The highest BCUT2D eigenvalue weighted by atomic mass is 32.1. The van der Waals surface area contributed by atoms with Crippen LogP contribution in [-0.2, 0) is 0 Å². The molecule has 0 aliphatic rings. The summed E-state index contributed by atoms with van der Waals surface area (Å²) in [7, 11) is 0. The summed E-state index contributed by atoms with van der Waals surface area (Å²) in [5.74, 6) is 0. The van der Waals surface area contributed by atoms with Gasteiger partial charge in [-0.2, -0.15) is 0 Å². The molecule has 0 fully saturated rings. The molecule has 0 bridgehead atoms. The van der Waals surface area contributed by atoms with Gasteiger partial charge in [0.2, 0.25) is 0 Å². The number of rotatable bonds is 7. The Kier molecular flexibility index (Phi) is 8.42. The van der Waals surface area contributed by atoms with Crippen molar-refractivity contribution in [3.8, 4) is 44.5 Å². The van der Waals surface area contributed by atoms with E-state index < -0.39 is 0 Å². The summed E-state index contributed by atoms with van der Waals surface area (Å²) in [5, 5.41) is 7.58. The quantitative estimate of drug-likeness (QED) is 0.157. The van der Waals surface area contributed by atoms with E-state index in [-0.39, 0.29) is 0 Å². The first-order chi connectivity index (χ1) is 28.8. The molecule has 0 N–H and O–H groups in total. The fourth-order valence-corrected chi connectivity index (χ4v) is 9.86. The van der Waals surface area contributed by atoms with Crippen LogP contribution in [0.15, 0.2) is 224 Å². The summed E-state index contributed by atoms with van der Waals surface area (Å²) in [6, 6.07) is 81.9. The van der Waals surface area contributed by atoms with Gasteiger partial charge in [0.05, 0.1) is 5.69 Å². The molecule has 0 saturated carbocycles. The summed E-state index contributed by atoms with van der Waals surface area (Å²) in [6.45, 7) is 0. The average Bonchev–Trinajstić information content (AvgIpc) is 3.69. The van der Waals surface area contributed by atoms with E-state index >= 15 is 0 Å². The molecule has 1 heterocycles. The minimum Gasteiger partial charge on any atom is -0.310 e. The van der Waals surface area contributed by atoms with E-state index in [4.69, 9.17) is 0 Å². The molecule has 0 spiro atoms. The van der Waals surface area contributed by atoms with E-state index in [0.29, 0.717) is 0 Å². The lowest BCUT2D eigenvalue weighted by Gasteiger charge is -2.27. The lowest BCUT2D eigenvalue weighted by atomic mass is 9.91. The Morgan fingerprint density at radius 2 is 0.810 bits per heavy atom. The molecule has 58 heavy (non-hydrogen) atoms. The average molecular weight is 756 g/mol. The summed E-state index contributed by atoms with van der Waals surface area (Å²) >= 11 is 1.86. The molecule has 0 saturated heterocycles. The fourth-order valence-electron chi connectivity index (χ4n) is 8.74. The summed E-state index contributed by atoms with van der Waals surface area (Å²) in [6.07, 6.45) is 0. The topological polar surface area (TPSA) is 3.24 Å². The minimum absolute atomic E-state index is 1.11. The van der Waals surface area contributed by atoms with Gasteiger partial charge in [0.1, 0.15) is 0 Å². The van der Waals surface area contributed by atoms with Gasteiger partial charge in [-0.15, -0.1) is 11.3 Å². The second kappa shape index (κ2) is 14.4. The normalized spacial score (nSPS) is 11.4. The Hall–Kier alpha value is -7.26. The van der Waals surface area contributed by atoms with Crippen molar-refractivity contribution < 1.29 is 0 Å². The van der Waals surface area contributed by atoms with Gasteiger partial charge in [-0.05, 0) is 115 Å². The molecule has 0 atom stereocenters. The lowest BCUT2D eigenvalue weighted by Crippen LogP contribution is -2.10. The second-order valence-electron chi connectivity index (χ2n) is 14.9. The third-order valence-corrected chi connectivity index (χ3v) is 12.6. The largest absolute Gasteiger partial charge is 0.310 e. The number of thiophene rings is 1. The van der Waals surface area contributed by atoms with Gasteiger partial charge in [0.15, 0.2) is 0 Å². The molecule has 0 radical (unpaired) electrons. The van der Waals surface area contributed by atoms with Gasteiger partial charge >= 0.3 is 0 Å². The molecule has 1 nitrogen and oxygen atoms in total. The van der Waals surface area contributed by atoms with E-state index in [0.717, 1.165) is 11.4 Å². The molecule has 1 aromatic heterocycles. The highest BCUT2D eigenvalue weighted by Gasteiger charge is 2.19. The minimum atomic E-state index is 1.11. The van der Waals surface area contributed by atoms with Crippen LogP contribution in [0.3, 0.4) is 0 Å². The zero-order valence-electron chi connectivity index (χ0n) is 31.7. The van der Waals surface area contributed by atoms with Crippen LogP contribution < -0.4 is 4.90 Å². The third-order valence-electron chi connectivity index (χ3n) is 11.5. The predicted octanol–water partition coefficient (Wildman–Crippen LogP) is 16.5. The number of anilines is 3. The Morgan fingerprint density at radius 1 is 0.293 bits per heavy atom. The van der Waals surface area contributed by atoms with Crippen LogP contribution in [0, 0.1) is 0 Å². The Morgan fingerprint density at radius 3 is 1.50 bits per heavy atom. The van der Waals surface area contributed by atoms with Crippen LogP contribution >= 0.6 is 11.3 Å². The van der Waals surface area contributed by atoms with Gasteiger partial charge in [0, 0.05) is 31.5 Å². The van der Waals surface area contributed by atoms with E-state index in [2.05, 4.69) is 229 Å². The first-order valence-corrected chi connectivity index (χ1v) is 20.7. The Bertz CT molecular complexity index is 3250. The predicted molar refractivity (Wildman–Crippen MR) is 251 cm³/mol. The van der Waals surface area contributed by atoms with Crippen molar-refractivity contribution in [2.24, 2.45) is 0 Å². The van der Waals surface area contributed by atoms with Crippen LogP contribution in [-0.4, -0.2) is 0 Å². The maximum atomic E-state index is 2.43. The van der Waals surface area contributed by atoms with Gasteiger partial charge in [-0.1, -0.05) is 176 Å². The molecule has 0 amide bonds. The van der Waals surface area contributed by atoms with E-state index in [1.54, 1.807) is 0 Å². The third kappa shape index (κ3) is 5.94. The Balaban J connectivity index is 1.02. The van der Waals surface area contributed by atoms with E-state index in [9.17, 15) is 0 Å². The molecule has 2 heteroatoms. The van der Waals surface area contributed by atoms with Gasteiger partial charge in [-0.25, -0.2) is 0 Å². The first-order valence-electron chi connectivity index (χ1n) is 19.8. The number of fused-ring (bicyclic) bond motifs is 5. The first kappa shape index (κ1) is 34.0. The molecule has 0 unspecified atom stereocenters. The maximum Gasteiger partial charge on any atom is 0.0554 e. The zero-order valence-corrected chi connectivity index (χ0v) is 32.5. The molecule has 0 aliphatic carbocycles. The maximum absolute atomic E-state index is 2.43. The summed E-state index contributed by atoms with van der Waals surface area (Å²) < 4.78 is 2.58. The molecule has 11 aromatic rings. The summed E-state index contributed by atoms with van der Waals surface area (Å²) in [4.78, 5) is 2.43. The van der Waals surface area contributed by atoms with Crippen molar-refractivity contribution in [3.63, 3.8) is 0 Å². The molecular formula is C56H37NS. The zero-order chi connectivity index (χ0) is 38.4. The van der Waals surface area contributed by atoms with Crippen LogP contribution in [0.4, 0.5) is 17.1 Å². The van der Waals surface area contributed by atoms with Crippen LogP contribution in [0.1, 0.15) is 0 Å². The molecule has 11 rings (SSSR count). The number of hydrogen-bond acceptors (Lipinski definition) is 2. The van der Waals surface area contributed by atoms with Crippen LogP contribution in [0.2, 0.25) is 0 Å².